The Morgan fingerprint density at radius 3 is 1.78 bits per heavy atom. The van der Waals surface area contributed by atoms with Crippen molar-refractivity contribution in [1.29, 1.82) is 0 Å². The summed E-state index contributed by atoms with van der Waals surface area (Å²) in [5, 5.41) is 4.90. The van der Waals surface area contributed by atoms with E-state index in [4.69, 9.17) is 19.3 Å². The summed E-state index contributed by atoms with van der Waals surface area (Å²) in [6.07, 6.45) is 0. The number of fused-ring (bicyclic) bond motifs is 3. The number of hydrogen-bond acceptors (Lipinski definition) is 4. The van der Waals surface area contributed by atoms with Gasteiger partial charge in [0.2, 0.25) is 0 Å². The quantitative estimate of drug-likeness (QED) is 0.169. The summed E-state index contributed by atoms with van der Waals surface area (Å²) in [7, 11) is -0.409. The summed E-state index contributed by atoms with van der Waals surface area (Å²) >= 11 is 0. The van der Waals surface area contributed by atoms with Crippen LogP contribution in [0.25, 0.3) is 55.4 Å². The molecule has 7 rings (SSSR count). The minimum Gasteiger partial charge on any atom is -0.399 e. The van der Waals surface area contributed by atoms with E-state index in [1.807, 2.05) is 18.2 Å². The number of hydrogen-bond donors (Lipinski definition) is 0. The SMILES string of the molecule is CC1(C)OB(c2ccc(-c3nc(-c4ccccc4)cc(-c4ccc5ccc6ccccc6c5c4)n3)cc2)OC1(C)C. The molecule has 1 saturated heterocycles. The molecule has 1 aliphatic heterocycles. The average molecular weight is 534 g/mol. The smallest absolute Gasteiger partial charge is 0.399 e. The molecular formula is C36H31BN2O2. The Hall–Kier alpha value is -4.32. The first-order chi connectivity index (χ1) is 19.8. The van der Waals surface area contributed by atoms with Crippen molar-refractivity contribution in [2.75, 3.05) is 0 Å². The summed E-state index contributed by atoms with van der Waals surface area (Å²) in [5.41, 5.74) is 5.04. The second kappa shape index (κ2) is 9.65. The Labute approximate surface area is 241 Å². The normalized spacial score (nSPS) is 16.0. The third kappa shape index (κ3) is 4.61. The van der Waals surface area contributed by atoms with Gasteiger partial charge in [0.15, 0.2) is 5.82 Å². The van der Waals surface area contributed by atoms with E-state index in [0.717, 1.165) is 33.5 Å². The summed E-state index contributed by atoms with van der Waals surface area (Å²) < 4.78 is 12.5. The monoisotopic (exact) mass is 534 g/mol. The molecule has 0 unspecified atom stereocenters. The Balaban J connectivity index is 1.32. The van der Waals surface area contributed by atoms with Gasteiger partial charge in [0.1, 0.15) is 0 Å². The minimum atomic E-state index is -0.409. The molecule has 1 aliphatic rings. The molecule has 2 heterocycles. The van der Waals surface area contributed by atoms with Crippen molar-refractivity contribution in [2.45, 2.75) is 38.9 Å². The lowest BCUT2D eigenvalue weighted by molar-refractivity contribution is 0.00578. The molecule has 1 aromatic heterocycles. The second-order valence-corrected chi connectivity index (χ2v) is 11.8. The maximum atomic E-state index is 6.26. The van der Waals surface area contributed by atoms with Crippen molar-refractivity contribution in [3.05, 3.63) is 115 Å². The largest absolute Gasteiger partial charge is 0.494 e. The first kappa shape index (κ1) is 25.6. The number of rotatable bonds is 4. The molecule has 0 N–H and O–H groups in total. The molecule has 0 atom stereocenters. The van der Waals surface area contributed by atoms with Crippen LogP contribution < -0.4 is 5.46 Å². The van der Waals surface area contributed by atoms with Gasteiger partial charge in [-0.2, -0.15) is 0 Å². The molecule has 6 aromatic rings. The van der Waals surface area contributed by atoms with Crippen molar-refractivity contribution in [1.82, 2.24) is 9.97 Å². The van der Waals surface area contributed by atoms with E-state index in [2.05, 4.69) is 125 Å². The lowest BCUT2D eigenvalue weighted by Gasteiger charge is -2.32. The molecule has 41 heavy (non-hydrogen) atoms. The van der Waals surface area contributed by atoms with Crippen molar-refractivity contribution in [3.8, 4) is 33.9 Å². The van der Waals surface area contributed by atoms with Crippen LogP contribution in [-0.2, 0) is 9.31 Å². The fourth-order valence-corrected chi connectivity index (χ4v) is 5.41. The van der Waals surface area contributed by atoms with Gasteiger partial charge in [0, 0.05) is 16.7 Å². The van der Waals surface area contributed by atoms with E-state index in [-0.39, 0.29) is 11.2 Å². The average Bonchev–Trinajstić information content (AvgIpc) is 3.23. The van der Waals surface area contributed by atoms with Crippen LogP contribution in [0.4, 0.5) is 0 Å². The van der Waals surface area contributed by atoms with Gasteiger partial charge >= 0.3 is 7.12 Å². The lowest BCUT2D eigenvalue weighted by atomic mass is 9.79. The Morgan fingerprint density at radius 2 is 1.07 bits per heavy atom. The molecule has 0 spiro atoms. The van der Waals surface area contributed by atoms with Crippen molar-refractivity contribution < 1.29 is 9.31 Å². The maximum absolute atomic E-state index is 6.26. The molecule has 0 saturated carbocycles. The zero-order valence-corrected chi connectivity index (χ0v) is 23.8. The number of aromatic nitrogens is 2. The molecule has 5 aromatic carbocycles. The summed E-state index contributed by atoms with van der Waals surface area (Å²) in [6, 6.07) is 40.1. The molecule has 0 aliphatic carbocycles. The van der Waals surface area contributed by atoms with Crippen LogP contribution in [0.2, 0.25) is 0 Å². The van der Waals surface area contributed by atoms with Gasteiger partial charge in [-0.05, 0) is 66.8 Å². The van der Waals surface area contributed by atoms with Gasteiger partial charge in [-0.3, -0.25) is 0 Å². The minimum absolute atomic E-state index is 0.385. The molecular weight excluding hydrogens is 503 g/mol. The van der Waals surface area contributed by atoms with Crippen LogP contribution in [0.15, 0.2) is 115 Å². The van der Waals surface area contributed by atoms with Crippen LogP contribution in [0.5, 0.6) is 0 Å². The summed E-state index contributed by atoms with van der Waals surface area (Å²) in [6.45, 7) is 8.28. The lowest BCUT2D eigenvalue weighted by Crippen LogP contribution is -2.41. The molecule has 4 nitrogen and oxygen atoms in total. The van der Waals surface area contributed by atoms with Crippen molar-refractivity contribution >= 4 is 34.1 Å². The van der Waals surface area contributed by atoms with Crippen LogP contribution in [0.1, 0.15) is 27.7 Å². The zero-order valence-electron chi connectivity index (χ0n) is 23.8. The van der Waals surface area contributed by atoms with Crippen LogP contribution in [-0.4, -0.2) is 28.3 Å². The highest BCUT2D eigenvalue weighted by Gasteiger charge is 2.51. The maximum Gasteiger partial charge on any atom is 0.494 e. The van der Waals surface area contributed by atoms with E-state index in [1.165, 1.54) is 21.5 Å². The van der Waals surface area contributed by atoms with E-state index >= 15 is 0 Å². The van der Waals surface area contributed by atoms with E-state index in [1.54, 1.807) is 0 Å². The first-order valence-electron chi connectivity index (χ1n) is 14.1. The highest BCUT2D eigenvalue weighted by Crippen LogP contribution is 2.37. The van der Waals surface area contributed by atoms with E-state index in [0.29, 0.717) is 5.82 Å². The molecule has 1 fully saturated rings. The van der Waals surface area contributed by atoms with Gasteiger partial charge < -0.3 is 9.31 Å². The zero-order chi connectivity index (χ0) is 28.2. The van der Waals surface area contributed by atoms with E-state index in [9.17, 15) is 0 Å². The van der Waals surface area contributed by atoms with Gasteiger partial charge in [-0.1, -0.05) is 103 Å². The summed E-state index contributed by atoms with van der Waals surface area (Å²) in [4.78, 5) is 10.1. The van der Waals surface area contributed by atoms with Gasteiger partial charge in [0.25, 0.3) is 0 Å². The van der Waals surface area contributed by atoms with Gasteiger partial charge in [-0.25, -0.2) is 9.97 Å². The van der Waals surface area contributed by atoms with Crippen molar-refractivity contribution in [3.63, 3.8) is 0 Å². The Kier molecular flexibility index (Phi) is 6.04. The second-order valence-electron chi connectivity index (χ2n) is 11.8. The number of nitrogens with zero attached hydrogens (tertiary/aromatic N) is 2. The van der Waals surface area contributed by atoms with Crippen molar-refractivity contribution in [2.24, 2.45) is 0 Å². The first-order valence-corrected chi connectivity index (χ1v) is 14.1. The van der Waals surface area contributed by atoms with Crippen LogP contribution >= 0.6 is 0 Å². The predicted octanol–water partition coefficient (Wildman–Crippen LogP) is 8.08. The van der Waals surface area contributed by atoms with Crippen LogP contribution in [0, 0.1) is 0 Å². The molecule has 0 radical (unpaired) electrons. The topological polar surface area (TPSA) is 44.2 Å². The van der Waals surface area contributed by atoms with Crippen LogP contribution in [0.3, 0.4) is 0 Å². The highest BCUT2D eigenvalue weighted by atomic mass is 16.7. The third-order valence-corrected chi connectivity index (χ3v) is 8.53. The Bertz CT molecular complexity index is 1880. The fourth-order valence-electron chi connectivity index (χ4n) is 5.41. The number of benzene rings is 5. The molecule has 0 amide bonds. The van der Waals surface area contributed by atoms with Gasteiger partial charge in [-0.15, -0.1) is 0 Å². The predicted molar refractivity (Wildman–Crippen MR) is 169 cm³/mol. The fraction of sp³-hybridized carbons (Fsp3) is 0.167. The summed E-state index contributed by atoms with van der Waals surface area (Å²) in [5.74, 6) is 0.680. The molecule has 0 bridgehead atoms. The third-order valence-electron chi connectivity index (χ3n) is 8.53. The molecule has 200 valence electrons. The standard InChI is InChI=1S/C36H31BN2O2/c1-35(2)36(3,4)41-37(40-35)29-20-18-27(19-21-29)34-38-32(26-11-6-5-7-12-26)23-33(39-34)28-17-16-25-15-14-24-10-8-9-13-30(24)31(25)22-28/h5-23H,1-4H3. The highest BCUT2D eigenvalue weighted by molar-refractivity contribution is 6.62. The van der Waals surface area contributed by atoms with E-state index < -0.39 is 7.12 Å². The Morgan fingerprint density at radius 1 is 0.512 bits per heavy atom. The molecule has 5 heteroatoms. The van der Waals surface area contributed by atoms with Gasteiger partial charge in [0.05, 0.1) is 22.6 Å².